The molecule has 0 saturated carbocycles. The molecule has 2 N–H and O–H groups in total. The number of carbonyl (C=O) groups excluding carboxylic acids is 1. The van der Waals surface area contributed by atoms with E-state index in [4.69, 9.17) is 10.2 Å². The van der Waals surface area contributed by atoms with Crippen LogP contribution in [-0.4, -0.2) is 29.4 Å². The summed E-state index contributed by atoms with van der Waals surface area (Å²) in [5, 5.41) is 0. The summed E-state index contributed by atoms with van der Waals surface area (Å²) in [5.41, 5.74) is 5.97. The van der Waals surface area contributed by atoms with E-state index in [1.807, 2.05) is 17.0 Å². The quantitative estimate of drug-likeness (QED) is 0.859. The molecule has 0 aromatic carbocycles. The van der Waals surface area contributed by atoms with Crippen LogP contribution in [0.1, 0.15) is 26.0 Å². The molecule has 0 unspecified atom stereocenters. The first-order chi connectivity index (χ1) is 8.01. The van der Waals surface area contributed by atoms with Crippen molar-refractivity contribution in [3.63, 3.8) is 0 Å². The highest BCUT2D eigenvalue weighted by molar-refractivity contribution is 5.77. The van der Waals surface area contributed by atoms with Gasteiger partial charge in [-0.3, -0.25) is 4.79 Å². The van der Waals surface area contributed by atoms with Crippen molar-refractivity contribution in [2.45, 2.75) is 32.2 Å². The second-order valence-electron chi connectivity index (χ2n) is 5.22. The van der Waals surface area contributed by atoms with Crippen molar-refractivity contribution in [1.29, 1.82) is 0 Å². The van der Waals surface area contributed by atoms with E-state index in [0.717, 1.165) is 5.76 Å². The molecular formula is C13H20N2O2. The Bertz CT molecular complexity index is 378. The summed E-state index contributed by atoms with van der Waals surface area (Å²) in [6, 6.07) is 3.73. The number of hydrogen-bond donors (Lipinski definition) is 1. The van der Waals surface area contributed by atoms with E-state index in [-0.39, 0.29) is 11.4 Å². The number of amides is 1. The summed E-state index contributed by atoms with van der Waals surface area (Å²) in [5.74, 6) is 1.45. The number of hydrogen-bond acceptors (Lipinski definition) is 3. The number of carbonyl (C=O) groups is 1. The lowest BCUT2D eigenvalue weighted by Gasteiger charge is -2.50. The summed E-state index contributed by atoms with van der Waals surface area (Å²) in [6.45, 7) is 5.57. The van der Waals surface area contributed by atoms with Crippen LogP contribution < -0.4 is 5.73 Å². The summed E-state index contributed by atoms with van der Waals surface area (Å²) in [6.07, 6.45) is 2.80. The molecule has 1 amide bonds. The monoisotopic (exact) mass is 236 g/mol. The Morgan fingerprint density at radius 2 is 2.29 bits per heavy atom. The average Bonchev–Trinajstić information content (AvgIpc) is 2.73. The molecule has 1 aromatic rings. The van der Waals surface area contributed by atoms with Crippen molar-refractivity contribution in [1.82, 2.24) is 4.90 Å². The van der Waals surface area contributed by atoms with Crippen LogP contribution in [-0.2, 0) is 11.2 Å². The first kappa shape index (κ1) is 12.2. The van der Waals surface area contributed by atoms with Gasteiger partial charge in [-0.2, -0.15) is 0 Å². The SMILES string of the molecule is CC(C)C1(N)CN(C(=O)CCc2ccco2)C1. The highest BCUT2D eigenvalue weighted by Gasteiger charge is 2.43. The van der Waals surface area contributed by atoms with Gasteiger partial charge in [0.15, 0.2) is 0 Å². The number of rotatable bonds is 4. The van der Waals surface area contributed by atoms with Gasteiger partial charge in [0.1, 0.15) is 5.76 Å². The fourth-order valence-electron chi connectivity index (χ4n) is 2.05. The maximum Gasteiger partial charge on any atom is 0.223 e. The molecule has 0 spiro atoms. The van der Waals surface area contributed by atoms with E-state index in [1.165, 1.54) is 0 Å². The van der Waals surface area contributed by atoms with Crippen molar-refractivity contribution >= 4 is 5.91 Å². The molecule has 4 heteroatoms. The van der Waals surface area contributed by atoms with Gasteiger partial charge in [-0.1, -0.05) is 13.8 Å². The van der Waals surface area contributed by atoms with E-state index in [1.54, 1.807) is 6.26 Å². The summed E-state index contributed by atoms with van der Waals surface area (Å²) < 4.78 is 5.20. The molecule has 4 nitrogen and oxygen atoms in total. The molecule has 1 aliphatic rings. The highest BCUT2D eigenvalue weighted by Crippen LogP contribution is 2.26. The van der Waals surface area contributed by atoms with Gasteiger partial charge < -0.3 is 15.1 Å². The average molecular weight is 236 g/mol. The van der Waals surface area contributed by atoms with Gasteiger partial charge in [0, 0.05) is 25.9 Å². The Hall–Kier alpha value is -1.29. The van der Waals surface area contributed by atoms with Crippen LogP contribution in [0.5, 0.6) is 0 Å². The van der Waals surface area contributed by atoms with Crippen molar-refractivity contribution in [3.05, 3.63) is 24.2 Å². The van der Waals surface area contributed by atoms with E-state index in [0.29, 0.717) is 31.8 Å². The third-order valence-corrected chi connectivity index (χ3v) is 3.64. The molecule has 2 heterocycles. The first-order valence-electron chi connectivity index (χ1n) is 6.10. The normalized spacial score (nSPS) is 18.2. The molecule has 0 atom stereocenters. The molecule has 17 heavy (non-hydrogen) atoms. The molecule has 94 valence electrons. The molecule has 1 fully saturated rings. The highest BCUT2D eigenvalue weighted by atomic mass is 16.3. The summed E-state index contributed by atoms with van der Waals surface area (Å²) in [7, 11) is 0. The molecular weight excluding hydrogens is 216 g/mol. The summed E-state index contributed by atoms with van der Waals surface area (Å²) >= 11 is 0. The molecule has 0 radical (unpaired) electrons. The lowest BCUT2D eigenvalue weighted by atomic mass is 9.80. The standard InChI is InChI=1S/C13H20N2O2/c1-10(2)13(14)8-15(9-13)12(16)6-5-11-4-3-7-17-11/h3-4,7,10H,5-6,8-9,14H2,1-2H3. The Morgan fingerprint density at radius 3 is 2.82 bits per heavy atom. The predicted molar refractivity (Wildman–Crippen MR) is 65.4 cm³/mol. The van der Waals surface area contributed by atoms with Crippen LogP contribution in [0.3, 0.4) is 0 Å². The van der Waals surface area contributed by atoms with Crippen LogP contribution in [0.25, 0.3) is 0 Å². The topological polar surface area (TPSA) is 59.5 Å². The van der Waals surface area contributed by atoms with Crippen LogP contribution in [0.4, 0.5) is 0 Å². The van der Waals surface area contributed by atoms with Gasteiger partial charge in [-0.25, -0.2) is 0 Å². The minimum Gasteiger partial charge on any atom is -0.469 e. The van der Waals surface area contributed by atoms with E-state index < -0.39 is 0 Å². The number of likely N-dealkylation sites (tertiary alicyclic amines) is 1. The second kappa shape index (κ2) is 4.53. The van der Waals surface area contributed by atoms with Crippen LogP contribution in [0.2, 0.25) is 0 Å². The summed E-state index contributed by atoms with van der Waals surface area (Å²) in [4.78, 5) is 13.7. The van der Waals surface area contributed by atoms with Crippen molar-refractivity contribution < 1.29 is 9.21 Å². The number of nitrogens with zero attached hydrogens (tertiary/aromatic N) is 1. The molecule has 0 aliphatic carbocycles. The Balaban J connectivity index is 1.76. The van der Waals surface area contributed by atoms with Crippen LogP contribution in [0, 0.1) is 5.92 Å². The fraction of sp³-hybridized carbons (Fsp3) is 0.615. The van der Waals surface area contributed by atoms with E-state index >= 15 is 0 Å². The van der Waals surface area contributed by atoms with Gasteiger partial charge in [0.05, 0.1) is 11.8 Å². The fourth-order valence-corrected chi connectivity index (χ4v) is 2.05. The zero-order valence-electron chi connectivity index (χ0n) is 10.5. The molecule has 0 bridgehead atoms. The maximum atomic E-state index is 11.9. The van der Waals surface area contributed by atoms with Gasteiger partial charge >= 0.3 is 0 Å². The Kier molecular flexibility index (Phi) is 3.24. The lowest BCUT2D eigenvalue weighted by Crippen LogP contribution is -2.71. The molecule has 1 saturated heterocycles. The minimum absolute atomic E-state index is 0.170. The second-order valence-corrected chi connectivity index (χ2v) is 5.22. The Morgan fingerprint density at radius 1 is 1.59 bits per heavy atom. The molecule has 2 rings (SSSR count). The first-order valence-corrected chi connectivity index (χ1v) is 6.10. The van der Waals surface area contributed by atoms with Gasteiger partial charge in [-0.05, 0) is 18.1 Å². The van der Waals surface area contributed by atoms with Crippen molar-refractivity contribution in [2.24, 2.45) is 11.7 Å². The lowest BCUT2D eigenvalue weighted by molar-refractivity contribution is -0.140. The van der Waals surface area contributed by atoms with Gasteiger partial charge in [-0.15, -0.1) is 0 Å². The Labute approximate surface area is 102 Å². The predicted octanol–water partition coefficient (Wildman–Crippen LogP) is 1.41. The largest absolute Gasteiger partial charge is 0.469 e. The van der Waals surface area contributed by atoms with Crippen molar-refractivity contribution in [2.75, 3.05) is 13.1 Å². The van der Waals surface area contributed by atoms with Crippen molar-refractivity contribution in [3.8, 4) is 0 Å². The van der Waals surface area contributed by atoms with Crippen LogP contribution >= 0.6 is 0 Å². The van der Waals surface area contributed by atoms with E-state index in [2.05, 4.69) is 13.8 Å². The smallest absolute Gasteiger partial charge is 0.223 e. The zero-order chi connectivity index (χ0) is 12.5. The molecule has 1 aliphatic heterocycles. The number of furan rings is 1. The molecule has 1 aromatic heterocycles. The third-order valence-electron chi connectivity index (χ3n) is 3.64. The van der Waals surface area contributed by atoms with Gasteiger partial charge in [0.2, 0.25) is 5.91 Å². The van der Waals surface area contributed by atoms with Gasteiger partial charge in [0.25, 0.3) is 0 Å². The zero-order valence-corrected chi connectivity index (χ0v) is 10.5. The maximum absolute atomic E-state index is 11.9. The number of nitrogens with two attached hydrogens (primary N) is 1. The number of aryl methyl sites for hydroxylation is 1. The third kappa shape index (κ3) is 2.52. The van der Waals surface area contributed by atoms with E-state index in [9.17, 15) is 4.79 Å². The van der Waals surface area contributed by atoms with Crippen LogP contribution in [0.15, 0.2) is 22.8 Å². The minimum atomic E-state index is -0.180.